The molecule has 0 bridgehead atoms. The van der Waals surface area contributed by atoms with Crippen molar-refractivity contribution < 1.29 is 18.7 Å². The third kappa shape index (κ3) is 5.75. The quantitative estimate of drug-likeness (QED) is 0.372. The Hall–Kier alpha value is -4.00. The number of hydrogen-bond donors (Lipinski definition) is 2. The SMILES string of the molecule is Cc1cccc(NC(=O)C(=O)N/N=C\c2ccccc2OCc2ccccc2F)c1. The minimum Gasteiger partial charge on any atom is -0.488 e. The van der Waals surface area contributed by atoms with Crippen LogP contribution in [0.4, 0.5) is 10.1 Å². The van der Waals surface area contributed by atoms with Crippen molar-refractivity contribution in [1.82, 2.24) is 5.43 Å². The molecule has 0 aliphatic carbocycles. The number of hydrazone groups is 1. The highest BCUT2D eigenvalue weighted by Crippen LogP contribution is 2.18. The highest BCUT2D eigenvalue weighted by Gasteiger charge is 2.13. The molecule has 0 radical (unpaired) electrons. The van der Waals surface area contributed by atoms with E-state index >= 15 is 0 Å². The first-order valence-corrected chi connectivity index (χ1v) is 9.19. The molecule has 0 aliphatic rings. The molecule has 6 nitrogen and oxygen atoms in total. The van der Waals surface area contributed by atoms with Crippen molar-refractivity contribution in [1.29, 1.82) is 0 Å². The number of carbonyl (C=O) groups is 2. The van der Waals surface area contributed by atoms with Crippen LogP contribution in [0.15, 0.2) is 77.9 Å². The summed E-state index contributed by atoms with van der Waals surface area (Å²) in [6.07, 6.45) is 1.36. The summed E-state index contributed by atoms with van der Waals surface area (Å²) in [5.74, 6) is -1.63. The lowest BCUT2D eigenvalue weighted by molar-refractivity contribution is -0.136. The molecule has 2 N–H and O–H groups in total. The summed E-state index contributed by atoms with van der Waals surface area (Å²) in [5, 5.41) is 6.32. The highest BCUT2D eigenvalue weighted by molar-refractivity contribution is 6.39. The smallest absolute Gasteiger partial charge is 0.329 e. The fourth-order valence-electron chi connectivity index (χ4n) is 2.61. The topological polar surface area (TPSA) is 79.8 Å². The zero-order chi connectivity index (χ0) is 21.3. The summed E-state index contributed by atoms with van der Waals surface area (Å²) in [4.78, 5) is 23.9. The molecule has 0 saturated heterocycles. The van der Waals surface area contributed by atoms with Crippen LogP contribution in [0.1, 0.15) is 16.7 Å². The van der Waals surface area contributed by atoms with Crippen LogP contribution in [-0.2, 0) is 16.2 Å². The lowest BCUT2D eigenvalue weighted by Crippen LogP contribution is -2.32. The van der Waals surface area contributed by atoms with Gasteiger partial charge in [-0.3, -0.25) is 9.59 Å². The number of halogens is 1. The Morgan fingerprint density at radius 2 is 1.77 bits per heavy atom. The van der Waals surface area contributed by atoms with Crippen LogP contribution in [-0.4, -0.2) is 18.0 Å². The lowest BCUT2D eigenvalue weighted by atomic mass is 10.2. The molecule has 3 rings (SSSR count). The van der Waals surface area contributed by atoms with E-state index in [-0.39, 0.29) is 12.4 Å². The van der Waals surface area contributed by atoms with E-state index in [4.69, 9.17) is 4.74 Å². The molecule has 0 saturated carbocycles. The summed E-state index contributed by atoms with van der Waals surface area (Å²) < 4.78 is 19.4. The van der Waals surface area contributed by atoms with Crippen molar-refractivity contribution in [3.8, 4) is 5.75 Å². The zero-order valence-electron chi connectivity index (χ0n) is 16.3. The third-order valence-electron chi connectivity index (χ3n) is 4.11. The third-order valence-corrected chi connectivity index (χ3v) is 4.11. The summed E-state index contributed by atoms with van der Waals surface area (Å²) in [5.41, 5.74) is 4.64. The molecular formula is C23H20FN3O3. The first-order chi connectivity index (χ1) is 14.5. The number of amides is 2. The summed E-state index contributed by atoms with van der Waals surface area (Å²) in [6, 6.07) is 20.4. The first-order valence-electron chi connectivity index (χ1n) is 9.19. The van der Waals surface area contributed by atoms with Gasteiger partial charge in [0.2, 0.25) is 0 Å². The van der Waals surface area contributed by atoms with Gasteiger partial charge in [0.1, 0.15) is 18.2 Å². The second-order valence-corrected chi connectivity index (χ2v) is 6.44. The zero-order valence-corrected chi connectivity index (χ0v) is 16.3. The van der Waals surface area contributed by atoms with E-state index in [0.29, 0.717) is 22.6 Å². The Kier molecular flexibility index (Phi) is 6.89. The largest absolute Gasteiger partial charge is 0.488 e. The van der Waals surface area contributed by atoms with E-state index in [2.05, 4.69) is 15.8 Å². The summed E-state index contributed by atoms with van der Waals surface area (Å²) >= 11 is 0. The molecule has 7 heteroatoms. The molecule has 3 aromatic rings. The molecule has 0 aromatic heterocycles. The fourth-order valence-corrected chi connectivity index (χ4v) is 2.61. The molecule has 30 heavy (non-hydrogen) atoms. The number of carbonyl (C=O) groups excluding carboxylic acids is 2. The van der Waals surface area contributed by atoms with Crippen LogP contribution in [0, 0.1) is 12.7 Å². The number of hydrogen-bond acceptors (Lipinski definition) is 4. The van der Waals surface area contributed by atoms with Crippen LogP contribution in [0.5, 0.6) is 5.75 Å². The van der Waals surface area contributed by atoms with Crippen LogP contribution >= 0.6 is 0 Å². The average Bonchev–Trinajstić information content (AvgIpc) is 2.74. The van der Waals surface area contributed by atoms with Crippen LogP contribution in [0.3, 0.4) is 0 Å². The number of para-hydroxylation sites is 1. The number of anilines is 1. The van der Waals surface area contributed by atoms with Gasteiger partial charge in [0, 0.05) is 16.8 Å². The Bertz CT molecular complexity index is 1080. The van der Waals surface area contributed by atoms with Gasteiger partial charge in [0.05, 0.1) is 6.21 Å². The maximum Gasteiger partial charge on any atom is 0.329 e. The molecule has 0 spiro atoms. The average molecular weight is 405 g/mol. The van der Waals surface area contributed by atoms with Crippen molar-refractivity contribution in [2.24, 2.45) is 5.10 Å². The normalized spacial score (nSPS) is 10.6. The molecule has 0 aliphatic heterocycles. The number of nitrogens with zero attached hydrogens (tertiary/aromatic N) is 1. The van der Waals surface area contributed by atoms with Crippen molar-refractivity contribution in [2.45, 2.75) is 13.5 Å². The van der Waals surface area contributed by atoms with Gasteiger partial charge in [0.15, 0.2) is 0 Å². The van der Waals surface area contributed by atoms with E-state index < -0.39 is 11.8 Å². The van der Waals surface area contributed by atoms with Gasteiger partial charge in [-0.1, -0.05) is 42.5 Å². The van der Waals surface area contributed by atoms with Crippen molar-refractivity contribution in [2.75, 3.05) is 5.32 Å². The van der Waals surface area contributed by atoms with Crippen LogP contribution in [0.25, 0.3) is 0 Å². The summed E-state index contributed by atoms with van der Waals surface area (Å²) in [7, 11) is 0. The molecule has 0 heterocycles. The predicted molar refractivity (Wildman–Crippen MR) is 113 cm³/mol. The second-order valence-electron chi connectivity index (χ2n) is 6.44. The Balaban J connectivity index is 1.58. The number of rotatable bonds is 6. The number of benzene rings is 3. The van der Waals surface area contributed by atoms with E-state index in [1.54, 1.807) is 60.7 Å². The Morgan fingerprint density at radius 1 is 1.00 bits per heavy atom. The number of nitrogens with one attached hydrogen (secondary N) is 2. The Morgan fingerprint density at radius 3 is 2.57 bits per heavy atom. The van der Waals surface area contributed by atoms with Gasteiger partial charge in [-0.05, 0) is 42.8 Å². The van der Waals surface area contributed by atoms with Gasteiger partial charge < -0.3 is 10.1 Å². The van der Waals surface area contributed by atoms with E-state index in [0.717, 1.165) is 5.56 Å². The molecule has 152 valence electrons. The van der Waals surface area contributed by atoms with Gasteiger partial charge in [0.25, 0.3) is 0 Å². The molecule has 0 unspecified atom stereocenters. The van der Waals surface area contributed by atoms with E-state index in [1.165, 1.54) is 12.3 Å². The van der Waals surface area contributed by atoms with Gasteiger partial charge >= 0.3 is 11.8 Å². The molecule has 2 amide bonds. The highest BCUT2D eigenvalue weighted by atomic mass is 19.1. The van der Waals surface area contributed by atoms with E-state index in [9.17, 15) is 14.0 Å². The minimum absolute atomic E-state index is 0.0444. The van der Waals surface area contributed by atoms with Crippen molar-refractivity contribution >= 4 is 23.7 Å². The number of ether oxygens (including phenoxy) is 1. The monoisotopic (exact) mass is 405 g/mol. The minimum atomic E-state index is -0.905. The molecular weight excluding hydrogens is 385 g/mol. The van der Waals surface area contributed by atoms with Gasteiger partial charge in [-0.15, -0.1) is 0 Å². The van der Waals surface area contributed by atoms with E-state index in [1.807, 2.05) is 13.0 Å². The van der Waals surface area contributed by atoms with Gasteiger partial charge in [-0.2, -0.15) is 5.10 Å². The molecule has 0 fully saturated rings. The van der Waals surface area contributed by atoms with Crippen molar-refractivity contribution in [3.63, 3.8) is 0 Å². The second kappa shape index (κ2) is 9.97. The molecule has 3 aromatic carbocycles. The first kappa shape index (κ1) is 20.7. The maximum atomic E-state index is 13.7. The predicted octanol–water partition coefficient (Wildman–Crippen LogP) is 3.80. The number of aryl methyl sites for hydroxylation is 1. The standard InChI is InChI=1S/C23H20FN3O3/c1-16-7-6-10-19(13-16)26-22(28)23(29)27-25-14-17-8-3-5-12-21(17)30-15-18-9-2-4-11-20(18)24/h2-14H,15H2,1H3,(H,26,28)(H,27,29)/b25-14-. The van der Waals surface area contributed by atoms with Gasteiger partial charge in [-0.25, -0.2) is 9.82 Å². The summed E-state index contributed by atoms with van der Waals surface area (Å²) in [6.45, 7) is 1.93. The molecule has 0 atom stereocenters. The maximum absolute atomic E-state index is 13.7. The van der Waals surface area contributed by atoms with Crippen LogP contribution in [0.2, 0.25) is 0 Å². The lowest BCUT2D eigenvalue weighted by Gasteiger charge is -2.09. The Labute approximate surface area is 173 Å². The van der Waals surface area contributed by atoms with Crippen molar-refractivity contribution in [3.05, 3.63) is 95.3 Å². The van der Waals surface area contributed by atoms with Crippen LogP contribution < -0.4 is 15.5 Å². The fraction of sp³-hybridized carbons (Fsp3) is 0.0870.